The van der Waals surface area contributed by atoms with Crippen molar-refractivity contribution in [1.29, 1.82) is 15.8 Å². The number of nitrogens with one attached hydrogen (secondary N) is 1. The van der Waals surface area contributed by atoms with Crippen molar-refractivity contribution in [3.63, 3.8) is 0 Å². The Kier molecular flexibility index (Phi) is 4.72. The van der Waals surface area contributed by atoms with Crippen LogP contribution in [0.3, 0.4) is 0 Å². The fourth-order valence-corrected chi connectivity index (χ4v) is 1.46. The molecule has 0 spiro atoms. The van der Waals surface area contributed by atoms with E-state index in [1.807, 2.05) is 5.32 Å². The molecule has 1 rings (SSSR count). The highest BCUT2D eigenvalue weighted by atomic mass is 19.1. The number of anilines is 1. The smallest absolute Gasteiger partial charge is 0.341 e. The molecule has 0 aliphatic rings. The quantitative estimate of drug-likeness (QED) is 0.481. The third kappa shape index (κ3) is 2.95. The number of hydrogen-bond donors (Lipinski definition) is 2. The summed E-state index contributed by atoms with van der Waals surface area (Å²) >= 11 is 0. The first-order valence-corrected chi connectivity index (χ1v) is 5.29. The molecule has 1 aromatic carbocycles. The minimum absolute atomic E-state index is 0.581. The molecule has 0 bridgehead atoms. The summed E-state index contributed by atoms with van der Waals surface area (Å²) in [6, 6.07) is 5.38. The first-order chi connectivity index (χ1) is 10.4. The molecule has 1 aromatic rings. The van der Waals surface area contributed by atoms with Gasteiger partial charge in [0.15, 0.2) is 5.57 Å². The van der Waals surface area contributed by atoms with Crippen molar-refractivity contribution in [3.05, 3.63) is 44.9 Å². The summed E-state index contributed by atoms with van der Waals surface area (Å²) in [6.45, 7) is 0. The topological polar surface area (TPSA) is 164 Å². The Morgan fingerprint density at radius 2 is 1.86 bits per heavy atom. The van der Waals surface area contributed by atoms with Gasteiger partial charge in [-0.3, -0.25) is 10.1 Å². The van der Waals surface area contributed by atoms with Crippen LogP contribution in [-0.2, 0) is 0 Å². The molecule has 0 saturated carbocycles. The maximum atomic E-state index is 13.6. The molecule has 0 atom stereocenters. The molecule has 9 nitrogen and oxygen atoms in total. The Morgan fingerprint density at radius 1 is 1.27 bits per heavy atom. The maximum absolute atomic E-state index is 13.6. The lowest BCUT2D eigenvalue weighted by Crippen LogP contribution is -2.11. The lowest BCUT2D eigenvalue weighted by atomic mass is 10.1. The molecular formula is C12H4FN5O4. The molecule has 0 radical (unpaired) electrons. The third-order valence-electron chi connectivity index (χ3n) is 2.38. The molecule has 108 valence electrons. The molecule has 10 heteroatoms. The number of nitro groups is 1. The number of hydrogen-bond acceptors (Lipinski definition) is 7. The van der Waals surface area contributed by atoms with E-state index in [1.54, 1.807) is 0 Å². The van der Waals surface area contributed by atoms with E-state index in [0.717, 1.165) is 0 Å². The summed E-state index contributed by atoms with van der Waals surface area (Å²) in [5.74, 6) is -3.11. The number of benzene rings is 1. The average Bonchev–Trinajstić information content (AvgIpc) is 2.46. The van der Waals surface area contributed by atoms with E-state index >= 15 is 0 Å². The standard InChI is InChI=1S/C12H4FN5O4/c13-7-1-2-9(18(21)22)11(10(7)12(19)20)17-8(5-16)6(3-14)4-15/h1-2,17H,(H,19,20). The number of nitro benzene ring substituents is 1. The van der Waals surface area contributed by atoms with Crippen LogP contribution in [0, 0.1) is 49.9 Å². The number of carboxylic acid groups (broad SMARTS) is 1. The van der Waals surface area contributed by atoms with Crippen molar-refractivity contribution in [2.45, 2.75) is 0 Å². The Hall–Kier alpha value is -3.97. The van der Waals surface area contributed by atoms with Gasteiger partial charge in [0.05, 0.1) is 4.92 Å². The lowest BCUT2D eigenvalue weighted by molar-refractivity contribution is -0.384. The van der Waals surface area contributed by atoms with Crippen LogP contribution in [0.25, 0.3) is 0 Å². The maximum Gasteiger partial charge on any atom is 0.341 e. The predicted octanol–water partition coefficient (Wildman–Crippen LogP) is 1.67. The van der Waals surface area contributed by atoms with Crippen LogP contribution in [0.1, 0.15) is 10.4 Å². The minimum Gasteiger partial charge on any atom is -0.478 e. The fraction of sp³-hybridized carbons (Fsp3) is 0. The zero-order valence-electron chi connectivity index (χ0n) is 10.5. The van der Waals surface area contributed by atoms with Crippen LogP contribution in [0.15, 0.2) is 23.4 Å². The first-order valence-electron chi connectivity index (χ1n) is 5.29. The molecular weight excluding hydrogens is 297 g/mol. The van der Waals surface area contributed by atoms with Gasteiger partial charge in [-0.2, -0.15) is 15.8 Å². The predicted molar refractivity (Wildman–Crippen MR) is 67.5 cm³/mol. The number of carbonyl (C=O) groups is 1. The molecule has 2 N–H and O–H groups in total. The second kappa shape index (κ2) is 6.46. The Balaban J connectivity index is 3.70. The molecule has 0 saturated heterocycles. The highest BCUT2D eigenvalue weighted by Gasteiger charge is 2.27. The van der Waals surface area contributed by atoms with Crippen molar-refractivity contribution in [1.82, 2.24) is 0 Å². The fourth-order valence-electron chi connectivity index (χ4n) is 1.46. The largest absolute Gasteiger partial charge is 0.478 e. The van der Waals surface area contributed by atoms with Gasteiger partial charge in [0.1, 0.15) is 41.0 Å². The van der Waals surface area contributed by atoms with Crippen LogP contribution in [-0.4, -0.2) is 16.0 Å². The van der Waals surface area contributed by atoms with Gasteiger partial charge in [0.25, 0.3) is 5.69 Å². The van der Waals surface area contributed by atoms with Crippen LogP contribution in [0.5, 0.6) is 0 Å². The number of rotatable bonds is 4. The van der Waals surface area contributed by atoms with E-state index < -0.39 is 44.9 Å². The van der Waals surface area contributed by atoms with Crippen LogP contribution in [0.4, 0.5) is 15.8 Å². The molecule has 0 aliphatic carbocycles. The Morgan fingerprint density at radius 3 is 2.27 bits per heavy atom. The van der Waals surface area contributed by atoms with E-state index in [-0.39, 0.29) is 0 Å². The summed E-state index contributed by atoms with van der Waals surface area (Å²) in [6.07, 6.45) is 0. The summed E-state index contributed by atoms with van der Waals surface area (Å²) < 4.78 is 13.6. The molecule has 0 amide bonds. The molecule has 0 aliphatic heterocycles. The van der Waals surface area contributed by atoms with Crippen molar-refractivity contribution in [2.24, 2.45) is 0 Å². The zero-order valence-corrected chi connectivity index (χ0v) is 10.5. The molecule has 0 unspecified atom stereocenters. The van der Waals surface area contributed by atoms with Crippen LogP contribution >= 0.6 is 0 Å². The first kappa shape index (κ1) is 16.1. The minimum atomic E-state index is -1.82. The van der Waals surface area contributed by atoms with Gasteiger partial charge in [-0.1, -0.05) is 0 Å². The van der Waals surface area contributed by atoms with E-state index in [9.17, 15) is 19.3 Å². The van der Waals surface area contributed by atoms with Crippen molar-refractivity contribution >= 4 is 17.3 Å². The second-order valence-corrected chi connectivity index (χ2v) is 3.59. The summed E-state index contributed by atoms with van der Waals surface area (Å²) in [5, 5.41) is 48.1. The lowest BCUT2D eigenvalue weighted by Gasteiger charge is -2.09. The highest BCUT2D eigenvalue weighted by molar-refractivity contribution is 5.97. The SMILES string of the molecule is N#CC(C#N)=C(C#N)Nc1c([N+](=O)[O-])ccc(F)c1C(=O)O. The van der Waals surface area contributed by atoms with E-state index in [1.165, 1.54) is 18.2 Å². The van der Waals surface area contributed by atoms with Gasteiger partial charge in [0.2, 0.25) is 0 Å². The van der Waals surface area contributed by atoms with Gasteiger partial charge >= 0.3 is 5.97 Å². The van der Waals surface area contributed by atoms with Crippen molar-refractivity contribution < 1.29 is 19.2 Å². The third-order valence-corrected chi connectivity index (χ3v) is 2.38. The number of aromatic carboxylic acids is 1. The summed E-state index contributed by atoms with van der Waals surface area (Å²) in [4.78, 5) is 21.0. The number of allylic oxidation sites excluding steroid dienone is 2. The number of halogens is 1. The van der Waals surface area contributed by atoms with Gasteiger partial charge < -0.3 is 10.4 Å². The molecule has 0 aromatic heterocycles. The van der Waals surface area contributed by atoms with Crippen LogP contribution in [0.2, 0.25) is 0 Å². The number of nitriles is 3. The monoisotopic (exact) mass is 301 g/mol. The van der Waals surface area contributed by atoms with E-state index in [4.69, 9.17) is 20.9 Å². The Labute approximate surface area is 121 Å². The van der Waals surface area contributed by atoms with Gasteiger partial charge in [-0.05, 0) is 6.07 Å². The van der Waals surface area contributed by atoms with Crippen molar-refractivity contribution in [2.75, 3.05) is 5.32 Å². The van der Waals surface area contributed by atoms with Crippen LogP contribution < -0.4 is 5.32 Å². The van der Waals surface area contributed by atoms with E-state index in [2.05, 4.69) is 0 Å². The van der Waals surface area contributed by atoms with Gasteiger partial charge in [-0.25, -0.2) is 9.18 Å². The zero-order chi connectivity index (χ0) is 16.9. The number of nitrogens with zero attached hydrogens (tertiary/aromatic N) is 4. The van der Waals surface area contributed by atoms with Crippen molar-refractivity contribution in [3.8, 4) is 18.2 Å². The highest BCUT2D eigenvalue weighted by Crippen LogP contribution is 2.32. The summed E-state index contributed by atoms with van der Waals surface area (Å²) in [5.41, 5.74) is -4.23. The van der Waals surface area contributed by atoms with Gasteiger partial charge in [-0.15, -0.1) is 0 Å². The molecule has 0 fully saturated rings. The Bertz CT molecular complexity index is 810. The summed E-state index contributed by atoms with van der Waals surface area (Å²) in [7, 11) is 0. The van der Waals surface area contributed by atoms with Gasteiger partial charge in [0, 0.05) is 6.07 Å². The molecule has 22 heavy (non-hydrogen) atoms. The second-order valence-electron chi connectivity index (χ2n) is 3.59. The average molecular weight is 301 g/mol. The normalized spacial score (nSPS) is 8.82. The van der Waals surface area contributed by atoms with E-state index in [0.29, 0.717) is 12.1 Å². The number of carboxylic acids is 1. The molecule has 0 heterocycles.